The molecule has 5 nitrogen and oxygen atoms in total. The average Bonchev–Trinajstić information content (AvgIpc) is 2.75. The van der Waals surface area contributed by atoms with Crippen molar-refractivity contribution in [3.8, 4) is 0 Å². The zero-order valence-electron chi connectivity index (χ0n) is 9.50. The summed E-state index contributed by atoms with van der Waals surface area (Å²) in [6, 6.07) is 3.88. The molecule has 2 heterocycles. The van der Waals surface area contributed by atoms with Crippen LogP contribution in [0.4, 0.5) is 5.82 Å². The van der Waals surface area contributed by atoms with Gasteiger partial charge in [0.15, 0.2) is 5.65 Å². The van der Waals surface area contributed by atoms with Crippen LogP contribution in [0.1, 0.15) is 13.3 Å². The highest BCUT2D eigenvalue weighted by Gasteiger charge is 2.06. The van der Waals surface area contributed by atoms with Gasteiger partial charge in [-0.15, -0.1) is 0 Å². The number of hydrogen-bond donors (Lipinski definition) is 1. The predicted molar refractivity (Wildman–Crippen MR) is 64.5 cm³/mol. The molecule has 0 unspecified atom stereocenters. The highest BCUT2D eigenvalue weighted by Crippen LogP contribution is 2.11. The maximum atomic E-state index is 5.60. The molecule has 5 heteroatoms. The van der Waals surface area contributed by atoms with Crippen LogP contribution >= 0.6 is 0 Å². The molecule has 86 valence electrons. The van der Waals surface area contributed by atoms with Gasteiger partial charge in [0.2, 0.25) is 0 Å². The van der Waals surface area contributed by atoms with E-state index in [-0.39, 0.29) is 0 Å². The third-order valence-electron chi connectivity index (χ3n) is 2.46. The van der Waals surface area contributed by atoms with E-state index >= 15 is 0 Å². The Morgan fingerprint density at radius 1 is 1.38 bits per heavy atom. The summed E-state index contributed by atoms with van der Waals surface area (Å²) < 4.78 is 1.76. The second-order valence-corrected chi connectivity index (χ2v) is 3.70. The van der Waals surface area contributed by atoms with Crippen LogP contribution in [0.2, 0.25) is 0 Å². The van der Waals surface area contributed by atoms with Gasteiger partial charge in [-0.2, -0.15) is 5.10 Å². The minimum atomic E-state index is 0.645. The molecule has 0 aliphatic carbocycles. The highest BCUT2D eigenvalue weighted by molar-refractivity contribution is 5.47. The fourth-order valence-corrected chi connectivity index (χ4v) is 1.75. The van der Waals surface area contributed by atoms with Gasteiger partial charge >= 0.3 is 0 Å². The van der Waals surface area contributed by atoms with Crippen LogP contribution in [0.25, 0.3) is 5.65 Å². The van der Waals surface area contributed by atoms with E-state index in [0.29, 0.717) is 6.54 Å². The molecule has 0 spiro atoms. The molecular formula is C11H17N5. The van der Waals surface area contributed by atoms with Crippen molar-refractivity contribution >= 4 is 11.5 Å². The van der Waals surface area contributed by atoms with Crippen molar-refractivity contribution in [2.24, 2.45) is 5.73 Å². The first-order chi connectivity index (χ1) is 7.85. The Balaban J connectivity index is 2.28. The molecule has 0 aliphatic heterocycles. The van der Waals surface area contributed by atoms with Crippen LogP contribution in [0, 0.1) is 0 Å². The normalized spacial score (nSPS) is 10.9. The Kier molecular flexibility index (Phi) is 3.36. The molecule has 0 aromatic carbocycles. The lowest BCUT2D eigenvalue weighted by Crippen LogP contribution is -2.30. The monoisotopic (exact) mass is 219 g/mol. The van der Waals surface area contributed by atoms with Crippen molar-refractivity contribution in [3.05, 3.63) is 24.5 Å². The summed E-state index contributed by atoms with van der Waals surface area (Å²) in [5.74, 6) is 0.973. The van der Waals surface area contributed by atoms with E-state index < -0.39 is 0 Å². The lowest BCUT2D eigenvalue weighted by Gasteiger charge is -2.22. The molecular weight excluding hydrogens is 202 g/mol. The first-order valence-corrected chi connectivity index (χ1v) is 5.60. The van der Waals surface area contributed by atoms with Gasteiger partial charge in [-0.1, -0.05) is 6.92 Å². The van der Waals surface area contributed by atoms with Crippen molar-refractivity contribution in [2.75, 3.05) is 24.5 Å². The van der Waals surface area contributed by atoms with Gasteiger partial charge in [-0.05, 0) is 12.5 Å². The van der Waals surface area contributed by atoms with Crippen molar-refractivity contribution < 1.29 is 0 Å². The first kappa shape index (κ1) is 10.9. The second kappa shape index (κ2) is 4.94. The number of anilines is 1. The second-order valence-electron chi connectivity index (χ2n) is 3.70. The maximum Gasteiger partial charge on any atom is 0.157 e. The van der Waals surface area contributed by atoms with E-state index in [1.54, 1.807) is 10.7 Å². The van der Waals surface area contributed by atoms with Gasteiger partial charge in [0.1, 0.15) is 5.82 Å². The minimum Gasteiger partial charge on any atom is -0.355 e. The predicted octanol–water partition coefficient (Wildman–Crippen LogP) is 0.904. The smallest absolute Gasteiger partial charge is 0.157 e. The highest BCUT2D eigenvalue weighted by atomic mass is 15.3. The van der Waals surface area contributed by atoms with Crippen molar-refractivity contribution in [1.29, 1.82) is 0 Å². The minimum absolute atomic E-state index is 0.645. The average molecular weight is 219 g/mol. The molecule has 0 radical (unpaired) electrons. The lowest BCUT2D eigenvalue weighted by atomic mass is 10.4. The summed E-state index contributed by atoms with van der Waals surface area (Å²) >= 11 is 0. The van der Waals surface area contributed by atoms with Gasteiger partial charge in [0.25, 0.3) is 0 Å². The molecule has 2 N–H and O–H groups in total. The Labute approximate surface area is 94.9 Å². The zero-order chi connectivity index (χ0) is 11.4. The van der Waals surface area contributed by atoms with E-state index in [9.17, 15) is 0 Å². The Bertz CT molecular complexity index is 444. The van der Waals surface area contributed by atoms with Crippen LogP contribution in [0.3, 0.4) is 0 Å². The van der Waals surface area contributed by atoms with Crippen LogP contribution in [-0.4, -0.2) is 34.2 Å². The Morgan fingerprint density at radius 2 is 2.25 bits per heavy atom. The first-order valence-electron chi connectivity index (χ1n) is 5.60. The van der Waals surface area contributed by atoms with Gasteiger partial charge in [0.05, 0.1) is 6.20 Å². The summed E-state index contributed by atoms with van der Waals surface area (Å²) in [5, 5.41) is 4.12. The molecule has 0 fully saturated rings. The topological polar surface area (TPSA) is 59.5 Å². The summed E-state index contributed by atoms with van der Waals surface area (Å²) in [7, 11) is 0. The molecule has 2 aromatic heterocycles. The quantitative estimate of drug-likeness (QED) is 0.812. The number of hydrogen-bond acceptors (Lipinski definition) is 4. The Hall–Kier alpha value is -1.62. The standard InChI is InChI=1S/C11H17N5/c1-2-7-15(9-5-12)10-4-8-16-11(14-10)3-6-13-16/h3-4,6,8H,2,5,7,9,12H2,1H3. The van der Waals surface area contributed by atoms with E-state index in [1.165, 1.54) is 0 Å². The molecule has 2 aromatic rings. The Morgan fingerprint density at radius 3 is 3.00 bits per heavy atom. The molecule has 0 bridgehead atoms. The number of aromatic nitrogens is 3. The van der Waals surface area contributed by atoms with E-state index in [0.717, 1.165) is 31.0 Å². The molecule has 0 amide bonds. The van der Waals surface area contributed by atoms with Crippen LogP contribution in [0.5, 0.6) is 0 Å². The zero-order valence-corrected chi connectivity index (χ0v) is 9.50. The summed E-state index contributed by atoms with van der Waals surface area (Å²) in [6.45, 7) is 4.62. The molecule has 16 heavy (non-hydrogen) atoms. The summed E-state index contributed by atoms with van der Waals surface area (Å²) in [5.41, 5.74) is 6.47. The molecule has 0 saturated heterocycles. The summed E-state index contributed by atoms with van der Waals surface area (Å²) in [4.78, 5) is 6.74. The van der Waals surface area contributed by atoms with Gasteiger partial charge < -0.3 is 10.6 Å². The van der Waals surface area contributed by atoms with E-state index in [4.69, 9.17) is 5.73 Å². The summed E-state index contributed by atoms with van der Waals surface area (Å²) in [6.07, 6.45) is 4.77. The van der Waals surface area contributed by atoms with Crippen molar-refractivity contribution in [2.45, 2.75) is 13.3 Å². The van der Waals surface area contributed by atoms with Gasteiger partial charge in [0, 0.05) is 31.9 Å². The van der Waals surface area contributed by atoms with Crippen molar-refractivity contribution in [3.63, 3.8) is 0 Å². The lowest BCUT2D eigenvalue weighted by molar-refractivity contribution is 0.749. The molecule has 0 atom stereocenters. The fourth-order valence-electron chi connectivity index (χ4n) is 1.75. The third-order valence-corrected chi connectivity index (χ3v) is 2.46. The largest absolute Gasteiger partial charge is 0.355 e. The van der Waals surface area contributed by atoms with Crippen molar-refractivity contribution in [1.82, 2.24) is 14.6 Å². The molecule has 0 saturated carbocycles. The molecule has 0 aliphatic rings. The van der Waals surface area contributed by atoms with Crippen LogP contribution in [0.15, 0.2) is 24.5 Å². The third kappa shape index (κ3) is 2.14. The number of fused-ring (bicyclic) bond motifs is 1. The van der Waals surface area contributed by atoms with E-state index in [2.05, 4.69) is 21.9 Å². The fraction of sp³-hybridized carbons (Fsp3) is 0.455. The number of nitrogens with zero attached hydrogens (tertiary/aromatic N) is 4. The maximum absolute atomic E-state index is 5.60. The van der Waals surface area contributed by atoms with Crippen LogP contribution in [-0.2, 0) is 0 Å². The van der Waals surface area contributed by atoms with Crippen LogP contribution < -0.4 is 10.6 Å². The van der Waals surface area contributed by atoms with E-state index in [1.807, 2.05) is 18.3 Å². The van der Waals surface area contributed by atoms with Gasteiger partial charge in [-0.3, -0.25) is 0 Å². The SMILES string of the molecule is CCCN(CCN)c1ccn2nccc2n1. The molecule has 2 rings (SSSR count). The number of nitrogens with two attached hydrogens (primary N) is 1. The number of rotatable bonds is 5. The van der Waals surface area contributed by atoms with Gasteiger partial charge in [-0.25, -0.2) is 9.50 Å².